The van der Waals surface area contributed by atoms with E-state index in [4.69, 9.17) is 5.73 Å². The molecule has 7 nitrogen and oxygen atoms in total. The van der Waals surface area contributed by atoms with E-state index in [0.29, 0.717) is 18.7 Å². The Morgan fingerprint density at radius 2 is 1.92 bits per heavy atom. The van der Waals surface area contributed by atoms with Crippen LogP contribution in [0.1, 0.15) is 35.2 Å². The van der Waals surface area contributed by atoms with Gasteiger partial charge in [0.05, 0.1) is 17.3 Å². The number of H-pyrrole nitrogens is 1. The van der Waals surface area contributed by atoms with E-state index < -0.39 is 0 Å². The molecular weight excluding hydrogens is 306 g/mol. The molecule has 2 amide bonds. The number of amides is 2. The van der Waals surface area contributed by atoms with Crippen molar-refractivity contribution >= 4 is 11.8 Å². The van der Waals surface area contributed by atoms with Gasteiger partial charge in [-0.1, -0.05) is 0 Å². The van der Waals surface area contributed by atoms with E-state index in [1.165, 1.54) is 6.33 Å². The zero-order valence-corrected chi connectivity index (χ0v) is 14.0. The molecule has 2 unspecified atom stereocenters. The summed E-state index contributed by atoms with van der Waals surface area (Å²) < 4.78 is 0. The number of aromatic nitrogens is 3. The van der Waals surface area contributed by atoms with Crippen LogP contribution in [0.4, 0.5) is 0 Å². The summed E-state index contributed by atoms with van der Waals surface area (Å²) in [7, 11) is 0. The molecule has 2 atom stereocenters. The van der Waals surface area contributed by atoms with Gasteiger partial charge in [-0.25, -0.2) is 9.97 Å². The van der Waals surface area contributed by atoms with E-state index in [-0.39, 0.29) is 23.8 Å². The van der Waals surface area contributed by atoms with Crippen LogP contribution in [0.15, 0.2) is 18.5 Å². The Labute approximate surface area is 140 Å². The molecule has 126 valence electrons. The first-order valence-corrected chi connectivity index (χ1v) is 7.98. The van der Waals surface area contributed by atoms with Crippen LogP contribution < -0.4 is 5.73 Å². The molecule has 1 aliphatic heterocycles. The van der Waals surface area contributed by atoms with Gasteiger partial charge in [0, 0.05) is 23.8 Å². The van der Waals surface area contributed by atoms with Gasteiger partial charge < -0.3 is 15.6 Å². The first-order valence-electron chi connectivity index (χ1n) is 7.98. The highest BCUT2D eigenvalue weighted by molar-refractivity contribution is 5.94. The molecule has 7 heteroatoms. The molecule has 1 saturated heterocycles. The zero-order valence-electron chi connectivity index (χ0n) is 14.0. The molecule has 0 saturated carbocycles. The van der Waals surface area contributed by atoms with Gasteiger partial charge in [-0.3, -0.25) is 9.59 Å². The molecule has 0 bridgehead atoms. The van der Waals surface area contributed by atoms with Crippen molar-refractivity contribution in [3.05, 3.63) is 35.5 Å². The van der Waals surface area contributed by atoms with Gasteiger partial charge in [-0.2, -0.15) is 0 Å². The number of hydrogen-bond acceptors (Lipinski definition) is 4. The lowest BCUT2D eigenvalue weighted by molar-refractivity contribution is -0.122. The van der Waals surface area contributed by atoms with Crippen molar-refractivity contribution in [1.82, 2.24) is 19.9 Å². The van der Waals surface area contributed by atoms with Crippen molar-refractivity contribution < 1.29 is 9.59 Å². The third-order valence-corrected chi connectivity index (χ3v) is 4.79. The second kappa shape index (κ2) is 6.07. The van der Waals surface area contributed by atoms with E-state index >= 15 is 0 Å². The minimum Gasteiger partial charge on any atom is -0.369 e. The summed E-state index contributed by atoms with van der Waals surface area (Å²) in [6, 6.07) is 3.43. The molecule has 3 N–H and O–H groups in total. The number of nitrogens with zero attached hydrogens (tertiary/aromatic N) is 3. The Bertz CT molecular complexity index is 778. The predicted octanol–water partition coefficient (Wildman–Crippen LogP) is 1.42. The number of carbonyl (C=O) groups is 2. The highest BCUT2D eigenvalue weighted by Gasteiger charge is 2.37. The quantitative estimate of drug-likeness (QED) is 0.889. The predicted molar refractivity (Wildman–Crippen MR) is 89.1 cm³/mol. The molecule has 24 heavy (non-hydrogen) atoms. The maximum atomic E-state index is 12.8. The maximum absolute atomic E-state index is 12.8. The second-order valence-corrected chi connectivity index (χ2v) is 6.24. The van der Waals surface area contributed by atoms with Gasteiger partial charge in [0.25, 0.3) is 5.91 Å². The van der Waals surface area contributed by atoms with Gasteiger partial charge in [0.1, 0.15) is 12.0 Å². The number of carbonyl (C=O) groups excluding carboxylic acids is 2. The molecule has 1 fully saturated rings. The lowest BCUT2D eigenvalue weighted by Crippen LogP contribution is -2.39. The van der Waals surface area contributed by atoms with Gasteiger partial charge in [-0.05, 0) is 39.3 Å². The standard InChI is InChI=1S/C17H21N5O2/c1-9-15(10(2)20-8-19-9)13-4-5-14(21-13)17(24)22-7-6-12(11(22)3)16(18)23/h4-5,8,11-12,21H,6-7H2,1-3H3,(H2,18,23). The number of aryl methyl sites for hydroxylation is 2. The topological polar surface area (TPSA) is 105 Å². The summed E-state index contributed by atoms with van der Waals surface area (Å²) in [5.41, 5.74) is 9.32. The minimum atomic E-state index is -0.349. The van der Waals surface area contributed by atoms with Gasteiger partial charge >= 0.3 is 0 Å². The Morgan fingerprint density at radius 1 is 1.25 bits per heavy atom. The van der Waals surface area contributed by atoms with Gasteiger partial charge in [0.2, 0.25) is 5.91 Å². The van der Waals surface area contributed by atoms with E-state index in [9.17, 15) is 9.59 Å². The fourth-order valence-corrected chi connectivity index (χ4v) is 3.41. The maximum Gasteiger partial charge on any atom is 0.270 e. The number of nitrogens with two attached hydrogens (primary N) is 1. The summed E-state index contributed by atoms with van der Waals surface area (Å²) in [5.74, 6) is -0.752. The van der Waals surface area contributed by atoms with Crippen molar-refractivity contribution in [2.24, 2.45) is 11.7 Å². The minimum absolute atomic E-state index is 0.121. The third-order valence-electron chi connectivity index (χ3n) is 4.79. The monoisotopic (exact) mass is 327 g/mol. The number of nitrogens with one attached hydrogen (secondary N) is 1. The largest absolute Gasteiger partial charge is 0.369 e. The highest BCUT2D eigenvalue weighted by atomic mass is 16.2. The number of likely N-dealkylation sites (tertiary alicyclic amines) is 1. The van der Waals surface area contributed by atoms with E-state index in [0.717, 1.165) is 22.6 Å². The smallest absolute Gasteiger partial charge is 0.270 e. The first kappa shape index (κ1) is 16.2. The summed E-state index contributed by atoms with van der Waals surface area (Å²) in [6.07, 6.45) is 2.14. The van der Waals surface area contributed by atoms with Gasteiger partial charge in [0.15, 0.2) is 0 Å². The average molecular weight is 327 g/mol. The van der Waals surface area contributed by atoms with Crippen LogP contribution in [0.5, 0.6) is 0 Å². The number of aromatic amines is 1. The van der Waals surface area contributed by atoms with Crippen LogP contribution in [0, 0.1) is 19.8 Å². The highest BCUT2D eigenvalue weighted by Crippen LogP contribution is 2.27. The Hall–Kier alpha value is -2.70. The molecule has 0 radical (unpaired) electrons. The van der Waals surface area contributed by atoms with Crippen LogP contribution in [-0.4, -0.2) is 44.3 Å². The third kappa shape index (κ3) is 2.66. The normalized spacial score (nSPS) is 20.4. The summed E-state index contributed by atoms with van der Waals surface area (Å²) in [6.45, 7) is 6.22. The lowest BCUT2D eigenvalue weighted by Gasteiger charge is -2.23. The van der Waals surface area contributed by atoms with Crippen molar-refractivity contribution in [3.8, 4) is 11.3 Å². The van der Waals surface area contributed by atoms with E-state index in [1.54, 1.807) is 11.0 Å². The fourth-order valence-electron chi connectivity index (χ4n) is 3.41. The Kier molecular flexibility index (Phi) is 4.09. The Balaban J connectivity index is 1.86. The molecule has 2 aromatic heterocycles. The summed E-state index contributed by atoms with van der Waals surface area (Å²) in [4.78, 5) is 37.5. The van der Waals surface area contributed by atoms with Crippen molar-refractivity contribution in [2.75, 3.05) is 6.54 Å². The van der Waals surface area contributed by atoms with Crippen molar-refractivity contribution in [2.45, 2.75) is 33.2 Å². The average Bonchev–Trinajstić information content (AvgIpc) is 3.13. The van der Waals surface area contributed by atoms with Crippen LogP contribution in [0.3, 0.4) is 0 Å². The molecular formula is C17H21N5O2. The molecule has 3 rings (SSSR count). The van der Waals surface area contributed by atoms with Crippen molar-refractivity contribution in [1.29, 1.82) is 0 Å². The molecule has 0 spiro atoms. The zero-order chi connectivity index (χ0) is 17.4. The van der Waals surface area contributed by atoms with Crippen LogP contribution in [-0.2, 0) is 4.79 Å². The molecule has 3 heterocycles. The SMILES string of the molecule is Cc1ncnc(C)c1-c1ccc(C(=O)N2CCC(C(N)=O)C2C)[nH]1. The van der Waals surface area contributed by atoms with Crippen LogP contribution >= 0.6 is 0 Å². The Morgan fingerprint density at radius 3 is 2.50 bits per heavy atom. The second-order valence-electron chi connectivity index (χ2n) is 6.24. The number of hydrogen-bond donors (Lipinski definition) is 2. The molecule has 2 aromatic rings. The van der Waals surface area contributed by atoms with Crippen LogP contribution in [0.25, 0.3) is 11.3 Å². The van der Waals surface area contributed by atoms with Crippen molar-refractivity contribution in [3.63, 3.8) is 0 Å². The first-order chi connectivity index (χ1) is 11.4. The summed E-state index contributed by atoms with van der Waals surface area (Å²) >= 11 is 0. The van der Waals surface area contributed by atoms with Gasteiger partial charge in [-0.15, -0.1) is 0 Å². The number of primary amides is 1. The van der Waals surface area contributed by atoms with E-state index in [2.05, 4.69) is 15.0 Å². The fraction of sp³-hybridized carbons (Fsp3) is 0.412. The molecule has 0 aromatic carbocycles. The number of rotatable bonds is 3. The molecule has 1 aliphatic rings. The summed E-state index contributed by atoms with van der Waals surface area (Å²) in [5, 5.41) is 0. The lowest BCUT2D eigenvalue weighted by atomic mass is 10.0. The van der Waals surface area contributed by atoms with E-state index in [1.807, 2.05) is 26.8 Å². The van der Waals surface area contributed by atoms with Crippen LogP contribution in [0.2, 0.25) is 0 Å². The molecule has 0 aliphatic carbocycles.